The quantitative estimate of drug-likeness (QED) is 0.283. The van der Waals surface area contributed by atoms with E-state index in [-0.39, 0.29) is 26.2 Å². The third kappa shape index (κ3) is 7.18. The molecule has 0 aliphatic carbocycles. The number of hydrogen-bond donors (Lipinski definition) is 0. The molecule has 0 N–H and O–H groups in total. The molecular formula is C11H19F4O6S-. The lowest BCUT2D eigenvalue weighted by Gasteiger charge is -2.28. The maximum Gasteiger partial charge on any atom is 0.396 e. The Morgan fingerprint density at radius 3 is 1.91 bits per heavy atom. The smallest absolute Gasteiger partial charge is 0.396 e. The van der Waals surface area contributed by atoms with E-state index in [1.54, 1.807) is 0 Å². The molecule has 0 amide bonds. The number of ether oxygens (including phenoxy) is 3. The minimum atomic E-state index is -6.41. The third-order valence-electron chi connectivity index (χ3n) is 2.57. The van der Waals surface area contributed by atoms with Crippen molar-refractivity contribution < 1.29 is 44.7 Å². The maximum absolute atomic E-state index is 13.0. The molecule has 0 bridgehead atoms. The number of rotatable bonds is 13. The summed E-state index contributed by atoms with van der Waals surface area (Å²) in [5, 5.41) is -5.62. The zero-order chi connectivity index (χ0) is 17.3. The predicted octanol–water partition coefficient (Wildman–Crippen LogP) is 1.61. The van der Waals surface area contributed by atoms with Gasteiger partial charge in [0.15, 0.2) is 10.1 Å². The Labute approximate surface area is 126 Å². The number of hydrogen-bond acceptors (Lipinski definition) is 6. The molecule has 0 aliphatic rings. The summed E-state index contributed by atoms with van der Waals surface area (Å²) in [6.45, 7) is 1.30. The predicted molar refractivity (Wildman–Crippen MR) is 67.0 cm³/mol. The standard InChI is InChI=1S/C11H20F4O6S/c1-19-6-7-21-9-8-20-5-3-2-4-10(12,13)11(14,15)22(16,17)18/h2-9H2,1H3,(H,16,17,18)/p-1. The lowest BCUT2D eigenvalue weighted by molar-refractivity contribution is -0.165. The van der Waals surface area contributed by atoms with Gasteiger partial charge in [0.2, 0.25) is 0 Å². The van der Waals surface area contributed by atoms with Crippen LogP contribution in [0, 0.1) is 0 Å². The van der Waals surface area contributed by atoms with Crippen LogP contribution in [0.25, 0.3) is 0 Å². The first-order valence-corrected chi connectivity index (χ1v) is 7.82. The number of methoxy groups -OCH3 is 1. The van der Waals surface area contributed by atoms with E-state index in [4.69, 9.17) is 14.2 Å². The van der Waals surface area contributed by atoms with Gasteiger partial charge < -0.3 is 18.8 Å². The summed E-state index contributed by atoms with van der Waals surface area (Å²) in [5.74, 6) is -4.91. The van der Waals surface area contributed by atoms with Gasteiger partial charge in [-0.15, -0.1) is 0 Å². The molecule has 0 aromatic carbocycles. The summed E-state index contributed by atoms with van der Waals surface area (Å²) in [5.41, 5.74) is 0. The van der Waals surface area contributed by atoms with Crippen LogP contribution in [0.5, 0.6) is 0 Å². The average molecular weight is 355 g/mol. The van der Waals surface area contributed by atoms with Gasteiger partial charge in [-0.25, -0.2) is 8.42 Å². The molecule has 22 heavy (non-hydrogen) atoms. The fourth-order valence-corrected chi connectivity index (χ4v) is 1.81. The van der Waals surface area contributed by atoms with Crippen LogP contribution in [0.4, 0.5) is 17.6 Å². The second kappa shape index (κ2) is 9.60. The van der Waals surface area contributed by atoms with Crippen molar-refractivity contribution in [3.8, 4) is 0 Å². The lowest BCUT2D eigenvalue weighted by Crippen LogP contribution is -2.46. The summed E-state index contributed by atoms with van der Waals surface area (Å²) in [6.07, 6.45) is -1.82. The van der Waals surface area contributed by atoms with Gasteiger partial charge in [-0.1, -0.05) is 0 Å². The highest BCUT2D eigenvalue weighted by atomic mass is 32.2. The van der Waals surface area contributed by atoms with Crippen molar-refractivity contribution in [1.29, 1.82) is 0 Å². The van der Waals surface area contributed by atoms with Crippen molar-refractivity contribution in [2.75, 3.05) is 40.1 Å². The van der Waals surface area contributed by atoms with Crippen LogP contribution in [0.2, 0.25) is 0 Å². The molecule has 0 heterocycles. The van der Waals surface area contributed by atoms with E-state index in [0.717, 1.165) is 0 Å². The number of halogens is 4. The first-order chi connectivity index (χ1) is 10.1. The van der Waals surface area contributed by atoms with Gasteiger partial charge in [0.25, 0.3) is 0 Å². The Morgan fingerprint density at radius 2 is 1.41 bits per heavy atom. The summed E-state index contributed by atoms with van der Waals surface area (Å²) in [6, 6.07) is 0. The summed E-state index contributed by atoms with van der Waals surface area (Å²) >= 11 is 0. The van der Waals surface area contributed by atoms with E-state index in [1.807, 2.05) is 0 Å². The van der Waals surface area contributed by atoms with Gasteiger partial charge >= 0.3 is 11.2 Å². The largest absolute Gasteiger partial charge is 0.743 e. The molecule has 0 saturated carbocycles. The summed E-state index contributed by atoms with van der Waals surface area (Å²) in [4.78, 5) is 0. The average Bonchev–Trinajstić information content (AvgIpc) is 2.39. The molecule has 0 rings (SSSR count). The Bertz CT molecular complexity index is 401. The first-order valence-electron chi connectivity index (χ1n) is 6.42. The molecule has 11 heteroatoms. The van der Waals surface area contributed by atoms with E-state index in [9.17, 15) is 30.5 Å². The maximum atomic E-state index is 13.0. The van der Waals surface area contributed by atoms with E-state index < -0.39 is 34.1 Å². The second-order valence-electron chi connectivity index (χ2n) is 4.35. The van der Waals surface area contributed by atoms with Crippen LogP contribution in [0.3, 0.4) is 0 Å². The van der Waals surface area contributed by atoms with E-state index >= 15 is 0 Å². The molecule has 0 spiro atoms. The third-order valence-corrected chi connectivity index (χ3v) is 3.50. The minimum Gasteiger partial charge on any atom is -0.743 e. The summed E-state index contributed by atoms with van der Waals surface area (Å²) in [7, 11) is -4.90. The second-order valence-corrected chi connectivity index (χ2v) is 5.77. The van der Waals surface area contributed by atoms with Crippen molar-refractivity contribution in [2.24, 2.45) is 0 Å². The van der Waals surface area contributed by atoms with Gasteiger partial charge in [-0.2, -0.15) is 17.6 Å². The molecule has 0 aliphatic heterocycles. The van der Waals surface area contributed by atoms with E-state index in [0.29, 0.717) is 13.2 Å². The first kappa shape index (κ1) is 21.5. The van der Waals surface area contributed by atoms with Gasteiger partial charge in [-0.3, -0.25) is 0 Å². The highest BCUT2D eigenvalue weighted by Gasteiger charge is 2.60. The zero-order valence-corrected chi connectivity index (χ0v) is 12.8. The Balaban J connectivity index is 3.83. The highest BCUT2D eigenvalue weighted by Crippen LogP contribution is 2.41. The molecule has 0 fully saturated rings. The minimum absolute atomic E-state index is 0.0165. The van der Waals surface area contributed by atoms with Crippen molar-refractivity contribution in [3.63, 3.8) is 0 Å². The zero-order valence-electron chi connectivity index (χ0n) is 12.0. The van der Waals surface area contributed by atoms with E-state index in [2.05, 4.69) is 0 Å². The van der Waals surface area contributed by atoms with Gasteiger partial charge in [0.1, 0.15) is 0 Å². The van der Waals surface area contributed by atoms with Gasteiger partial charge in [0.05, 0.1) is 26.4 Å². The number of unbranched alkanes of at least 4 members (excludes halogenated alkanes) is 1. The molecule has 134 valence electrons. The molecular weight excluding hydrogens is 336 g/mol. The summed E-state index contributed by atoms with van der Waals surface area (Å²) < 4.78 is 96.9. The van der Waals surface area contributed by atoms with Gasteiger partial charge in [-0.05, 0) is 12.8 Å². The lowest BCUT2D eigenvalue weighted by atomic mass is 10.1. The monoisotopic (exact) mass is 355 g/mol. The Hall–Kier alpha value is -0.490. The molecule has 0 radical (unpaired) electrons. The molecule has 0 saturated heterocycles. The fraction of sp³-hybridized carbons (Fsp3) is 1.00. The van der Waals surface area contributed by atoms with E-state index in [1.165, 1.54) is 7.11 Å². The van der Waals surface area contributed by atoms with Crippen LogP contribution in [-0.2, 0) is 24.3 Å². The van der Waals surface area contributed by atoms with Crippen molar-refractivity contribution in [1.82, 2.24) is 0 Å². The van der Waals surface area contributed by atoms with Crippen molar-refractivity contribution in [3.05, 3.63) is 0 Å². The van der Waals surface area contributed by atoms with Crippen molar-refractivity contribution >= 4 is 10.1 Å². The molecule has 0 unspecified atom stereocenters. The van der Waals surface area contributed by atoms with Crippen LogP contribution in [0.15, 0.2) is 0 Å². The van der Waals surface area contributed by atoms with Gasteiger partial charge in [0, 0.05) is 20.1 Å². The highest BCUT2D eigenvalue weighted by molar-refractivity contribution is 7.86. The molecule has 0 atom stereocenters. The van der Waals surface area contributed by atoms with Crippen molar-refractivity contribution in [2.45, 2.75) is 30.4 Å². The van der Waals surface area contributed by atoms with Crippen LogP contribution >= 0.6 is 0 Å². The fourth-order valence-electron chi connectivity index (χ4n) is 1.34. The molecule has 6 nitrogen and oxygen atoms in total. The number of alkyl halides is 4. The normalized spacial score (nSPS) is 13.5. The molecule has 0 aromatic rings. The topological polar surface area (TPSA) is 84.9 Å². The SMILES string of the molecule is COCCOCCOCCCCC(F)(F)C(F)(F)S(=O)(=O)[O-]. The molecule has 0 aromatic heterocycles. The Kier molecular flexibility index (Phi) is 9.39. The van der Waals surface area contributed by atoms with Crippen LogP contribution < -0.4 is 0 Å². The van der Waals surface area contributed by atoms with Crippen LogP contribution in [-0.4, -0.2) is 64.3 Å². The Morgan fingerprint density at radius 1 is 0.909 bits per heavy atom. The van der Waals surface area contributed by atoms with Crippen LogP contribution in [0.1, 0.15) is 19.3 Å².